The molecule has 3 aromatic rings. The summed E-state index contributed by atoms with van der Waals surface area (Å²) in [7, 11) is 0. The van der Waals surface area contributed by atoms with Gasteiger partial charge in [0.05, 0.1) is 0 Å². The Morgan fingerprint density at radius 1 is 0.500 bits per heavy atom. The Labute approximate surface area is 134 Å². The second-order valence-electron chi connectivity index (χ2n) is 8.44. The van der Waals surface area contributed by atoms with E-state index in [1.54, 1.807) is 0 Å². The number of rotatable bonds is 0. The van der Waals surface area contributed by atoms with Crippen LogP contribution < -0.4 is 0 Å². The summed E-state index contributed by atoms with van der Waals surface area (Å²) in [5.74, 6) is 0. The lowest BCUT2D eigenvalue weighted by atomic mass is 9.83. The first-order valence-electron chi connectivity index (χ1n) is 8.14. The highest BCUT2D eigenvalue weighted by Gasteiger charge is 2.16. The summed E-state index contributed by atoms with van der Waals surface area (Å²) in [5, 5.41) is 5.39. The average molecular weight is 290 g/mol. The molecule has 0 spiro atoms. The lowest BCUT2D eigenvalue weighted by molar-refractivity contribution is 0.590. The summed E-state index contributed by atoms with van der Waals surface area (Å²) in [6.45, 7) is 13.7. The van der Waals surface area contributed by atoms with Gasteiger partial charge in [-0.2, -0.15) is 0 Å². The van der Waals surface area contributed by atoms with Gasteiger partial charge in [-0.3, -0.25) is 0 Å². The predicted octanol–water partition coefficient (Wildman–Crippen LogP) is 6.59. The zero-order valence-corrected chi connectivity index (χ0v) is 14.6. The molecular weight excluding hydrogens is 264 g/mol. The molecule has 3 aromatic carbocycles. The Bertz CT molecular complexity index is 767. The Morgan fingerprint density at radius 3 is 1.14 bits per heavy atom. The fourth-order valence-electron chi connectivity index (χ4n) is 2.98. The van der Waals surface area contributed by atoms with Crippen molar-refractivity contribution in [3.63, 3.8) is 0 Å². The molecule has 0 bridgehead atoms. The topological polar surface area (TPSA) is 0 Å². The minimum Gasteiger partial charge on any atom is -0.0579 e. The Hall–Kier alpha value is -1.82. The zero-order chi connectivity index (χ0) is 16.1. The fourth-order valence-corrected chi connectivity index (χ4v) is 2.98. The normalized spacial score (nSPS) is 13.0. The van der Waals surface area contributed by atoms with Gasteiger partial charge in [-0.1, -0.05) is 90.1 Å². The van der Waals surface area contributed by atoms with Crippen molar-refractivity contribution < 1.29 is 0 Å². The van der Waals surface area contributed by atoms with E-state index in [0.29, 0.717) is 0 Å². The number of fused-ring (bicyclic) bond motifs is 3. The van der Waals surface area contributed by atoms with E-state index in [0.717, 1.165) is 0 Å². The summed E-state index contributed by atoms with van der Waals surface area (Å²) >= 11 is 0. The van der Waals surface area contributed by atoms with Gasteiger partial charge in [0.25, 0.3) is 0 Å². The first kappa shape index (κ1) is 15.1. The van der Waals surface area contributed by atoms with Gasteiger partial charge in [0, 0.05) is 0 Å². The largest absolute Gasteiger partial charge is 0.0579 e. The first-order chi connectivity index (χ1) is 10.2. The fraction of sp³-hybridized carbons (Fsp3) is 0.364. The van der Waals surface area contributed by atoms with Crippen LogP contribution in [0, 0.1) is 0 Å². The van der Waals surface area contributed by atoms with Crippen LogP contribution in [0.25, 0.3) is 21.5 Å². The first-order valence-corrected chi connectivity index (χ1v) is 8.14. The molecular formula is C22H26. The van der Waals surface area contributed by atoms with Crippen LogP contribution in [0.4, 0.5) is 0 Å². The van der Waals surface area contributed by atoms with Crippen molar-refractivity contribution in [2.24, 2.45) is 0 Å². The molecule has 0 aliphatic rings. The molecule has 3 rings (SSSR count). The smallest absolute Gasteiger partial charge is 0.0102 e. The molecule has 0 amide bonds. The Balaban J connectivity index is 2.36. The second-order valence-corrected chi connectivity index (χ2v) is 8.44. The minimum absolute atomic E-state index is 0.179. The van der Waals surface area contributed by atoms with Crippen molar-refractivity contribution in [3.05, 3.63) is 59.7 Å². The van der Waals surface area contributed by atoms with E-state index in [2.05, 4.69) is 90.1 Å². The van der Waals surface area contributed by atoms with Crippen molar-refractivity contribution in [3.8, 4) is 0 Å². The monoisotopic (exact) mass is 290 g/mol. The molecule has 0 nitrogen and oxygen atoms in total. The van der Waals surface area contributed by atoms with Crippen molar-refractivity contribution in [2.75, 3.05) is 0 Å². The van der Waals surface area contributed by atoms with Crippen molar-refractivity contribution in [1.82, 2.24) is 0 Å². The highest BCUT2D eigenvalue weighted by molar-refractivity contribution is 6.08. The van der Waals surface area contributed by atoms with E-state index in [1.165, 1.54) is 32.7 Å². The highest BCUT2D eigenvalue weighted by atomic mass is 14.2. The third-order valence-electron chi connectivity index (χ3n) is 4.57. The van der Waals surface area contributed by atoms with Crippen LogP contribution >= 0.6 is 0 Å². The minimum atomic E-state index is 0.179. The van der Waals surface area contributed by atoms with E-state index >= 15 is 0 Å². The van der Waals surface area contributed by atoms with Crippen LogP contribution in [0.15, 0.2) is 48.5 Å². The maximum atomic E-state index is 2.38. The maximum Gasteiger partial charge on any atom is -0.0102 e. The molecule has 114 valence electrons. The van der Waals surface area contributed by atoms with Gasteiger partial charge in [0.15, 0.2) is 0 Å². The van der Waals surface area contributed by atoms with Crippen LogP contribution in [-0.4, -0.2) is 0 Å². The zero-order valence-electron chi connectivity index (χ0n) is 14.6. The van der Waals surface area contributed by atoms with E-state index in [4.69, 9.17) is 0 Å². The maximum absolute atomic E-state index is 2.38. The van der Waals surface area contributed by atoms with Crippen LogP contribution in [0.3, 0.4) is 0 Å². The molecule has 0 fully saturated rings. The van der Waals surface area contributed by atoms with Crippen molar-refractivity contribution in [1.29, 1.82) is 0 Å². The molecule has 0 unspecified atom stereocenters. The van der Waals surface area contributed by atoms with Gasteiger partial charge < -0.3 is 0 Å². The molecule has 0 aromatic heterocycles. The van der Waals surface area contributed by atoms with Gasteiger partial charge in [0.1, 0.15) is 0 Å². The van der Waals surface area contributed by atoms with E-state index in [1.807, 2.05) is 0 Å². The van der Waals surface area contributed by atoms with E-state index in [9.17, 15) is 0 Å². The molecule has 0 radical (unpaired) electrons. The summed E-state index contributed by atoms with van der Waals surface area (Å²) in [6, 6.07) is 18.3. The number of hydrogen-bond donors (Lipinski definition) is 0. The quantitative estimate of drug-likeness (QED) is 0.410. The summed E-state index contributed by atoms with van der Waals surface area (Å²) in [5.41, 5.74) is 3.15. The van der Waals surface area contributed by atoms with Crippen molar-refractivity contribution >= 4 is 21.5 Å². The summed E-state index contributed by atoms with van der Waals surface area (Å²) < 4.78 is 0. The van der Waals surface area contributed by atoms with Crippen LogP contribution in [-0.2, 0) is 10.8 Å². The molecule has 0 N–H and O–H groups in total. The average Bonchev–Trinajstić information content (AvgIpc) is 2.44. The molecule has 0 saturated heterocycles. The highest BCUT2D eigenvalue weighted by Crippen LogP contribution is 2.33. The van der Waals surface area contributed by atoms with E-state index < -0.39 is 0 Å². The third-order valence-corrected chi connectivity index (χ3v) is 4.57. The van der Waals surface area contributed by atoms with Gasteiger partial charge >= 0.3 is 0 Å². The predicted molar refractivity (Wildman–Crippen MR) is 98.9 cm³/mol. The standard InChI is InChI=1S/C22H26/c1-21(2,3)17-11-9-15-7-8-16-10-12-18(22(4,5)6)14-20(16)19(15)13-17/h7-14H,1-6H3. The van der Waals surface area contributed by atoms with Gasteiger partial charge in [-0.25, -0.2) is 0 Å². The molecule has 0 heterocycles. The number of benzene rings is 3. The molecule has 0 heteroatoms. The molecule has 22 heavy (non-hydrogen) atoms. The van der Waals surface area contributed by atoms with Crippen molar-refractivity contribution in [2.45, 2.75) is 52.4 Å². The summed E-state index contributed by atoms with van der Waals surface area (Å²) in [4.78, 5) is 0. The van der Waals surface area contributed by atoms with Gasteiger partial charge in [0.2, 0.25) is 0 Å². The summed E-state index contributed by atoms with van der Waals surface area (Å²) in [6.07, 6.45) is 0. The third kappa shape index (κ3) is 2.63. The van der Waals surface area contributed by atoms with E-state index in [-0.39, 0.29) is 10.8 Å². The number of hydrogen-bond acceptors (Lipinski definition) is 0. The lowest BCUT2D eigenvalue weighted by Crippen LogP contribution is -2.11. The van der Waals surface area contributed by atoms with Crippen LogP contribution in [0.5, 0.6) is 0 Å². The lowest BCUT2D eigenvalue weighted by Gasteiger charge is -2.21. The van der Waals surface area contributed by atoms with Gasteiger partial charge in [-0.15, -0.1) is 0 Å². The molecule has 0 aliphatic heterocycles. The molecule has 0 saturated carbocycles. The SMILES string of the molecule is CC(C)(C)c1ccc2ccc3ccc(C(C)(C)C)cc3c2c1. The Kier molecular flexibility index (Phi) is 3.32. The second kappa shape index (κ2) is 4.84. The van der Waals surface area contributed by atoms with Gasteiger partial charge in [-0.05, 0) is 43.5 Å². The molecule has 0 atom stereocenters. The Morgan fingerprint density at radius 2 is 0.818 bits per heavy atom. The van der Waals surface area contributed by atoms with Crippen LogP contribution in [0.2, 0.25) is 0 Å². The molecule has 0 aliphatic carbocycles. The van der Waals surface area contributed by atoms with Crippen LogP contribution in [0.1, 0.15) is 52.7 Å².